The summed E-state index contributed by atoms with van der Waals surface area (Å²) in [6.07, 6.45) is 1.92. The molecular weight excluding hydrogens is 470 g/mol. The fraction of sp³-hybridized carbons (Fsp3) is 0.179. The molecule has 2 N–H and O–H groups in total. The van der Waals surface area contributed by atoms with Gasteiger partial charge in [-0.1, -0.05) is 6.07 Å². The van der Waals surface area contributed by atoms with Crippen molar-refractivity contribution in [2.45, 2.75) is 27.4 Å². The van der Waals surface area contributed by atoms with E-state index in [2.05, 4.69) is 17.1 Å². The second-order valence-corrected chi connectivity index (χ2v) is 8.35. The van der Waals surface area contributed by atoms with Gasteiger partial charge in [0, 0.05) is 17.7 Å². The first kappa shape index (κ1) is 25.0. The SMILES string of the molecule is CCOc1cc(/C=C2/C(C)=C(C#N)c3nc(N)c(C#N)c(C)c32)ccc1OCc1ccc([N+](=O)[O-])cc1. The largest absolute Gasteiger partial charge is 0.490 e. The third kappa shape index (κ3) is 4.71. The summed E-state index contributed by atoms with van der Waals surface area (Å²) in [4.78, 5) is 14.8. The summed E-state index contributed by atoms with van der Waals surface area (Å²) < 4.78 is 11.8. The maximum atomic E-state index is 10.9. The number of benzene rings is 2. The summed E-state index contributed by atoms with van der Waals surface area (Å²) in [6.45, 7) is 6.15. The van der Waals surface area contributed by atoms with Crippen LogP contribution in [0.5, 0.6) is 11.5 Å². The number of allylic oxidation sites excluding steroid dienone is 3. The molecule has 0 saturated heterocycles. The highest BCUT2D eigenvalue weighted by Gasteiger charge is 2.29. The topological polar surface area (TPSA) is 148 Å². The molecule has 0 unspecified atom stereocenters. The Morgan fingerprint density at radius 3 is 2.43 bits per heavy atom. The van der Waals surface area contributed by atoms with Crippen LogP contribution >= 0.6 is 0 Å². The maximum absolute atomic E-state index is 10.9. The van der Waals surface area contributed by atoms with Crippen molar-refractivity contribution in [1.82, 2.24) is 4.98 Å². The number of aromatic nitrogens is 1. The number of fused-ring (bicyclic) bond motifs is 1. The predicted molar refractivity (Wildman–Crippen MR) is 139 cm³/mol. The number of nitro groups is 1. The zero-order chi connectivity index (χ0) is 26.7. The number of nitro benzene ring substituents is 1. The van der Waals surface area contributed by atoms with Crippen molar-refractivity contribution in [3.8, 4) is 23.6 Å². The van der Waals surface area contributed by atoms with Gasteiger partial charge in [0.2, 0.25) is 0 Å². The zero-order valence-corrected chi connectivity index (χ0v) is 20.5. The highest BCUT2D eigenvalue weighted by atomic mass is 16.6. The van der Waals surface area contributed by atoms with Crippen LogP contribution in [-0.2, 0) is 6.61 Å². The first-order chi connectivity index (χ1) is 17.8. The van der Waals surface area contributed by atoms with Crippen molar-refractivity contribution in [3.63, 3.8) is 0 Å². The normalized spacial score (nSPS) is 13.2. The molecule has 0 spiro atoms. The third-order valence-corrected chi connectivity index (χ3v) is 6.10. The van der Waals surface area contributed by atoms with Gasteiger partial charge in [-0.2, -0.15) is 10.5 Å². The number of nitrogen functional groups attached to an aromatic ring is 1. The molecule has 0 bridgehead atoms. The van der Waals surface area contributed by atoms with E-state index in [-0.39, 0.29) is 18.1 Å². The standard InChI is InChI=1S/C28H23N5O4/c1-4-36-25-12-19(7-10-24(25)37-15-18-5-8-20(9-6-18)33(34)35)11-21-16(2)22(13-29)27-26(21)17(3)23(14-30)28(31)32-27/h5-12H,4,15H2,1-3H3,(H2,31,32)/b21-11-. The van der Waals surface area contributed by atoms with Crippen molar-refractivity contribution in [1.29, 1.82) is 10.5 Å². The summed E-state index contributed by atoms with van der Waals surface area (Å²) in [7, 11) is 0. The van der Waals surface area contributed by atoms with Crippen LogP contribution in [0.25, 0.3) is 17.2 Å². The third-order valence-electron chi connectivity index (χ3n) is 6.10. The molecule has 9 nitrogen and oxygen atoms in total. The quantitative estimate of drug-likeness (QED) is 0.331. The second-order valence-electron chi connectivity index (χ2n) is 8.35. The van der Waals surface area contributed by atoms with Gasteiger partial charge in [-0.05, 0) is 78.9 Å². The molecular formula is C28H23N5O4. The number of hydrogen-bond donors (Lipinski definition) is 1. The first-order valence-corrected chi connectivity index (χ1v) is 11.5. The Bertz CT molecular complexity index is 1560. The highest BCUT2D eigenvalue weighted by Crippen LogP contribution is 2.44. The smallest absolute Gasteiger partial charge is 0.269 e. The van der Waals surface area contributed by atoms with Gasteiger partial charge in [-0.25, -0.2) is 4.98 Å². The fourth-order valence-electron chi connectivity index (χ4n) is 4.24. The Labute approximate surface area is 213 Å². The highest BCUT2D eigenvalue weighted by molar-refractivity contribution is 6.08. The molecule has 2 aromatic carbocycles. The van der Waals surface area contributed by atoms with E-state index in [1.54, 1.807) is 25.1 Å². The molecule has 37 heavy (non-hydrogen) atoms. The average Bonchev–Trinajstić information content (AvgIpc) is 3.14. The molecule has 9 heteroatoms. The van der Waals surface area contributed by atoms with E-state index in [0.29, 0.717) is 40.5 Å². The van der Waals surface area contributed by atoms with E-state index in [1.165, 1.54) is 12.1 Å². The fourth-order valence-corrected chi connectivity index (χ4v) is 4.24. The van der Waals surface area contributed by atoms with Gasteiger partial charge in [0.25, 0.3) is 5.69 Å². The van der Waals surface area contributed by atoms with Crippen molar-refractivity contribution < 1.29 is 14.4 Å². The van der Waals surface area contributed by atoms with Gasteiger partial charge in [0.05, 0.1) is 28.4 Å². The number of non-ortho nitro benzene ring substituents is 1. The van der Waals surface area contributed by atoms with E-state index >= 15 is 0 Å². The molecule has 3 aromatic rings. The molecule has 184 valence electrons. The van der Waals surface area contributed by atoms with E-state index in [9.17, 15) is 20.6 Å². The summed E-state index contributed by atoms with van der Waals surface area (Å²) in [5, 5.41) is 30.2. The minimum absolute atomic E-state index is 0.0172. The van der Waals surface area contributed by atoms with E-state index in [1.807, 2.05) is 32.1 Å². The van der Waals surface area contributed by atoms with Crippen molar-refractivity contribution in [2.75, 3.05) is 12.3 Å². The zero-order valence-electron chi connectivity index (χ0n) is 20.5. The molecule has 0 fully saturated rings. The van der Waals surface area contributed by atoms with Gasteiger partial charge in [0.1, 0.15) is 24.6 Å². The molecule has 1 aliphatic carbocycles. The molecule has 0 amide bonds. The lowest BCUT2D eigenvalue weighted by Crippen LogP contribution is -2.03. The van der Waals surface area contributed by atoms with Crippen LogP contribution in [0.15, 0.2) is 48.0 Å². The van der Waals surface area contributed by atoms with Crippen LogP contribution in [0.3, 0.4) is 0 Å². The molecule has 0 radical (unpaired) electrons. The molecule has 1 aromatic heterocycles. The van der Waals surface area contributed by atoms with E-state index in [4.69, 9.17) is 15.2 Å². The monoisotopic (exact) mass is 493 g/mol. The molecule has 1 heterocycles. The van der Waals surface area contributed by atoms with Crippen molar-refractivity contribution >= 4 is 28.7 Å². The van der Waals surface area contributed by atoms with Crippen LogP contribution in [0.4, 0.5) is 11.5 Å². The van der Waals surface area contributed by atoms with Crippen molar-refractivity contribution in [2.24, 2.45) is 0 Å². The Morgan fingerprint density at radius 1 is 1.08 bits per heavy atom. The predicted octanol–water partition coefficient (Wildman–Crippen LogP) is 5.58. The van der Waals surface area contributed by atoms with Gasteiger partial charge < -0.3 is 15.2 Å². The Kier molecular flexibility index (Phi) is 6.90. The van der Waals surface area contributed by atoms with E-state index < -0.39 is 4.92 Å². The number of rotatable bonds is 7. The number of nitrogens with two attached hydrogens (primary N) is 1. The van der Waals surface area contributed by atoms with Gasteiger partial charge in [-0.15, -0.1) is 0 Å². The second kappa shape index (κ2) is 10.2. The lowest BCUT2D eigenvalue weighted by Gasteiger charge is -2.14. The molecule has 1 aliphatic rings. The number of ether oxygens (including phenoxy) is 2. The summed E-state index contributed by atoms with van der Waals surface area (Å²) in [6, 6.07) is 16.0. The Morgan fingerprint density at radius 2 is 1.81 bits per heavy atom. The maximum Gasteiger partial charge on any atom is 0.269 e. The Hall–Kier alpha value is -5.15. The first-order valence-electron chi connectivity index (χ1n) is 11.5. The Balaban J connectivity index is 1.69. The van der Waals surface area contributed by atoms with E-state index in [0.717, 1.165) is 27.8 Å². The van der Waals surface area contributed by atoms with Crippen molar-refractivity contribution in [3.05, 3.63) is 91.7 Å². The summed E-state index contributed by atoms with van der Waals surface area (Å²) >= 11 is 0. The molecule has 0 saturated carbocycles. The lowest BCUT2D eigenvalue weighted by atomic mass is 9.95. The average molecular weight is 494 g/mol. The van der Waals surface area contributed by atoms with Crippen LogP contribution < -0.4 is 15.2 Å². The summed E-state index contributed by atoms with van der Waals surface area (Å²) in [5.74, 6) is 1.16. The number of anilines is 1. The number of nitrogens with zero attached hydrogens (tertiary/aromatic N) is 4. The van der Waals surface area contributed by atoms with Gasteiger partial charge in [0.15, 0.2) is 11.5 Å². The van der Waals surface area contributed by atoms with Gasteiger partial charge in [-0.3, -0.25) is 10.1 Å². The minimum atomic E-state index is -0.447. The minimum Gasteiger partial charge on any atom is -0.490 e. The van der Waals surface area contributed by atoms with Crippen LogP contribution in [-0.4, -0.2) is 16.5 Å². The van der Waals surface area contributed by atoms with Crippen LogP contribution in [0.1, 0.15) is 47.4 Å². The molecule has 0 aliphatic heterocycles. The summed E-state index contributed by atoms with van der Waals surface area (Å²) in [5.41, 5.74) is 11.7. The number of pyridine rings is 1. The molecule has 0 atom stereocenters. The van der Waals surface area contributed by atoms with Crippen LogP contribution in [0, 0.1) is 39.7 Å². The lowest BCUT2D eigenvalue weighted by molar-refractivity contribution is -0.384. The number of nitriles is 2. The van der Waals surface area contributed by atoms with Crippen LogP contribution in [0.2, 0.25) is 0 Å². The molecule has 4 rings (SSSR count). The number of hydrogen-bond acceptors (Lipinski definition) is 8. The van der Waals surface area contributed by atoms with Gasteiger partial charge >= 0.3 is 0 Å².